The highest BCUT2D eigenvalue weighted by molar-refractivity contribution is 6.31. The zero-order valence-corrected chi connectivity index (χ0v) is 13.4. The lowest BCUT2D eigenvalue weighted by atomic mass is 10.0. The minimum atomic E-state index is -0.722. The highest BCUT2D eigenvalue weighted by atomic mass is 35.5. The summed E-state index contributed by atoms with van der Waals surface area (Å²) in [5.41, 5.74) is 2.66. The lowest BCUT2D eigenvalue weighted by molar-refractivity contribution is 0.171. The van der Waals surface area contributed by atoms with Crippen LogP contribution in [0.5, 0.6) is 5.75 Å². The van der Waals surface area contributed by atoms with E-state index in [1.54, 1.807) is 19.2 Å². The number of halogens is 1. The molecular weight excluding hydrogens is 288 g/mol. The third-order valence-electron chi connectivity index (χ3n) is 3.54. The molecule has 0 bridgehead atoms. The van der Waals surface area contributed by atoms with Crippen LogP contribution in [0.25, 0.3) is 0 Å². The number of aliphatic hydroxyl groups excluding tert-OH is 1. The Morgan fingerprint density at radius 2 is 2.14 bits per heavy atom. The lowest BCUT2D eigenvalue weighted by Crippen LogP contribution is -2.10. The molecule has 0 aliphatic carbocycles. The normalized spacial score (nSPS) is 12.4. The fourth-order valence-corrected chi connectivity index (χ4v) is 2.74. The van der Waals surface area contributed by atoms with Gasteiger partial charge in [0.1, 0.15) is 5.75 Å². The zero-order chi connectivity index (χ0) is 15.4. The molecule has 4 nitrogen and oxygen atoms in total. The van der Waals surface area contributed by atoms with Crippen molar-refractivity contribution in [2.45, 2.75) is 39.3 Å². The molecule has 21 heavy (non-hydrogen) atoms. The van der Waals surface area contributed by atoms with Gasteiger partial charge < -0.3 is 9.84 Å². The van der Waals surface area contributed by atoms with Gasteiger partial charge in [-0.1, -0.05) is 24.6 Å². The molecule has 0 saturated heterocycles. The summed E-state index contributed by atoms with van der Waals surface area (Å²) in [5.74, 6) is 0.605. The topological polar surface area (TPSA) is 47.3 Å². The fourth-order valence-electron chi connectivity index (χ4n) is 2.44. The van der Waals surface area contributed by atoms with Crippen molar-refractivity contribution in [3.8, 4) is 5.75 Å². The number of rotatable bonds is 6. The molecule has 1 N–H and O–H groups in total. The summed E-state index contributed by atoms with van der Waals surface area (Å²) >= 11 is 6.21. The molecule has 2 rings (SSSR count). The standard InChI is InChI=1S/C16H21ClN2O2/c1-4-11-9-12(19(5-2)18-11)10-14(20)16-13(17)7-6-8-15(16)21-3/h6-9,14,20H,4-5,10H2,1-3H3. The van der Waals surface area contributed by atoms with Crippen molar-refractivity contribution in [1.29, 1.82) is 0 Å². The average Bonchev–Trinajstić information content (AvgIpc) is 2.88. The molecule has 5 heteroatoms. The molecule has 0 spiro atoms. The van der Waals surface area contributed by atoms with Gasteiger partial charge in [-0.3, -0.25) is 4.68 Å². The van der Waals surface area contributed by atoms with Crippen LogP contribution in [0.2, 0.25) is 5.02 Å². The van der Waals surface area contributed by atoms with E-state index in [0.717, 1.165) is 24.4 Å². The van der Waals surface area contributed by atoms with Crippen LogP contribution in [-0.2, 0) is 19.4 Å². The molecule has 0 aliphatic heterocycles. The van der Waals surface area contributed by atoms with Crippen molar-refractivity contribution >= 4 is 11.6 Å². The average molecular weight is 309 g/mol. The SMILES string of the molecule is CCc1cc(CC(O)c2c(Cl)cccc2OC)n(CC)n1. The Morgan fingerprint density at radius 3 is 2.76 bits per heavy atom. The summed E-state index contributed by atoms with van der Waals surface area (Å²) in [6, 6.07) is 7.41. The van der Waals surface area contributed by atoms with Crippen LogP contribution in [0.15, 0.2) is 24.3 Å². The molecule has 0 fully saturated rings. The number of aromatic nitrogens is 2. The van der Waals surface area contributed by atoms with E-state index in [0.29, 0.717) is 22.8 Å². The van der Waals surface area contributed by atoms with Gasteiger partial charge in [-0.25, -0.2) is 0 Å². The number of benzene rings is 1. The molecule has 0 saturated carbocycles. The van der Waals surface area contributed by atoms with Gasteiger partial charge in [0.2, 0.25) is 0 Å². The Kier molecular flexibility index (Phi) is 5.26. The molecule has 1 unspecified atom stereocenters. The van der Waals surface area contributed by atoms with E-state index >= 15 is 0 Å². The minimum Gasteiger partial charge on any atom is -0.496 e. The summed E-state index contributed by atoms with van der Waals surface area (Å²) in [5, 5.41) is 15.6. The van der Waals surface area contributed by atoms with Gasteiger partial charge >= 0.3 is 0 Å². The van der Waals surface area contributed by atoms with Crippen LogP contribution < -0.4 is 4.74 Å². The molecule has 1 atom stereocenters. The quantitative estimate of drug-likeness (QED) is 0.889. The second-order valence-electron chi connectivity index (χ2n) is 4.87. The van der Waals surface area contributed by atoms with Crippen molar-refractivity contribution in [2.24, 2.45) is 0 Å². The highest BCUT2D eigenvalue weighted by Gasteiger charge is 2.19. The van der Waals surface area contributed by atoms with Gasteiger partial charge in [0.25, 0.3) is 0 Å². The second-order valence-corrected chi connectivity index (χ2v) is 5.28. The van der Waals surface area contributed by atoms with Crippen molar-refractivity contribution in [3.05, 3.63) is 46.2 Å². The molecular formula is C16H21ClN2O2. The number of methoxy groups -OCH3 is 1. The van der Waals surface area contributed by atoms with Crippen molar-refractivity contribution in [1.82, 2.24) is 9.78 Å². The molecule has 1 aromatic heterocycles. The van der Waals surface area contributed by atoms with E-state index in [4.69, 9.17) is 16.3 Å². The maximum Gasteiger partial charge on any atom is 0.126 e. The first-order valence-corrected chi connectivity index (χ1v) is 7.54. The predicted molar refractivity (Wildman–Crippen MR) is 83.9 cm³/mol. The third-order valence-corrected chi connectivity index (χ3v) is 3.87. The molecule has 0 aliphatic rings. The monoisotopic (exact) mass is 308 g/mol. The van der Waals surface area contributed by atoms with Crippen molar-refractivity contribution in [2.75, 3.05) is 7.11 Å². The predicted octanol–water partition coefficient (Wildman–Crippen LogP) is 3.40. The lowest BCUT2D eigenvalue weighted by Gasteiger charge is -2.16. The first kappa shape index (κ1) is 15.9. The Balaban J connectivity index is 2.30. The van der Waals surface area contributed by atoms with E-state index in [2.05, 4.69) is 12.0 Å². The first-order valence-electron chi connectivity index (χ1n) is 7.16. The van der Waals surface area contributed by atoms with Crippen LogP contribution in [0, 0.1) is 0 Å². The Hall–Kier alpha value is -1.52. The summed E-state index contributed by atoms with van der Waals surface area (Å²) in [7, 11) is 1.58. The molecule has 0 amide bonds. The largest absolute Gasteiger partial charge is 0.496 e. The number of ether oxygens (including phenoxy) is 1. The fraction of sp³-hybridized carbons (Fsp3) is 0.438. The first-order chi connectivity index (χ1) is 10.1. The zero-order valence-electron chi connectivity index (χ0n) is 12.6. The van der Waals surface area contributed by atoms with Gasteiger partial charge in [-0.05, 0) is 31.5 Å². The number of hydrogen-bond donors (Lipinski definition) is 1. The highest BCUT2D eigenvalue weighted by Crippen LogP contribution is 2.33. The van der Waals surface area contributed by atoms with Crippen LogP contribution in [0.4, 0.5) is 0 Å². The van der Waals surface area contributed by atoms with E-state index < -0.39 is 6.10 Å². The van der Waals surface area contributed by atoms with E-state index in [1.807, 2.05) is 23.7 Å². The summed E-state index contributed by atoms with van der Waals surface area (Å²) in [6.45, 7) is 4.89. The molecule has 114 valence electrons. The Morgan fingerprint density at radius 1 is 1.38 bits per heavy atom. The third kappa shape index (κ3) is 3.39. The van der Waals surface area contributed by atoms with E-state index in [-0.39, 0.29) is 0 Å². The van der Waals surface area contributed by atoms with Gasteiger partial charge in [0.05, 0.1) is 23.9 Å². The number of hydrogen-bond acceptors (Lipinski definition) is 3. The van der Waals surface area contributed by atoms with E-state index in [9.17, 15) is 5.11 Å². The smallest absolute Gasteiger partial charge is 0.126 e. The van der Waals surface area contributed by atoms with Crippen LogP contribution >= 0.6 is 11.6 Å². The summed E-state index contributed by atoms with van der Waals surface area (Å²) in [4.78, 5) is 0. The number of nitrogens with zero attached hydrogens (tertiary/aromatic N) is 2. The van der Waals surface area contributed by atoms with Crippen LogP contribution in [0.1, 0.15) is 36.9 Å². The van der Waals surface area contributed by atoms with Crippen molar-refractivity contribution < 1.29 is 9.84 Å². The minimum absolute atomic E-state index is 0.459. The molecule has 1 aromatic carbocycles. The van der Waals surface area contributed by atoms with Gasteiger partial charge in [0, 0.05) is 24.2 Å². The Bertz CT molecular complexity index is 610. The number of aryl methyl sites for hydroxylation is 2. The summed E-state index contributed by atoms with van der Waals surface area (Å²) in [6.07, 6.45) is 0.618. The Labute approximate surface area is 130 Å². The molecule has 1 heterocycles. The second kappa shape index (κ2) is 6.96. The molecule has 2 aromatic rings. The maximum atomic E-state index is 10.6. The van der Waals surface area contributed by atoms with Crippen molar-refractivity contribution in [3.63, 3.8) is 0 Å². The summed E-state index contributed by atoms with van der Waals surface area (Å²) < 4.78 is 7.22. The van der Waals surface area contributed by atoms with E-state index in [1.165, 1.54) is 0 Å². The van der Waals surface area contributed by atoms with Gasteiger partial charge in [-0.2, -0.15) is 5.10 Å². The maximum absolute atomic E-state index is 10.6. The molecule has 0 radical (unpaired) electrons. The van der Waals surface area contributed by atoms with Gasteiger partial charge in [-0.15, -0.1) is 0 Å². The van der Waals surface area contributed by atoms with Crippen LogP contribution in [0.3, 0.4) is 0 Å². The number of aliphatic hydroxyl groups is 1. The van der Waals surface area contributed by atoms with Crippen LogP contribution in [-0.4, -0.2) is 22.0 Å². The van der Waals surface area contributed by atoms with Gasteiger partial charge in [0.15, 0.2) is 0 Å².